The van der Waals surface area contributed by atoms with Crippen molar-refractivity contribution in [3.8, 4) is 0 Å². The molecule has 0 aliphatic heterocycles. The Labute approximate surface area is 127 Å². The molecular formula is C14H30N4O3. The van der Waals surface area contributed by atoms with Crippen molar-refractivity contribution in [3.05, 3.63) is 0 Å². The quantitative estimate of drug-likeness (QED) is 0.355. The molecule has 0 saturated heterocycles. The predicted molar refractivity (Wildman–Crippen MR) is 84.7 cm³/mol. The fourth-order valence-corrected chi connectivity index (χ4v) is 1.41. The normalized spacial score (nSPS) is 12.0. The lowest BCUT2D eigenvalue weighted by atomic mass is 10.2. The number of hydrogen-bond acceptors (Lipinski definition) is 4. The number of rotatable bonds is 8. The lowest BCUT2D eigenvalue weighted by molar-refractivity contribution is 0.0527. The zero-order valence-electron chi connectivity index (χ0n) is 13.9. The molecule has 124 valence electrons. The largest absolute Gasteiger partial charge is 0.444 e. The number of ether oxygens (including phenoxy) is 2. The molecule has 0 atom stereocenters. The van der Waals surface area contributed by atoms with E-state index in [1.165, 1.54) is 0 Å². The number of amides is 1. The van der Waals surface area contributed by atoms with Gasteiger partial charge in [-0.25, -0.2) is 4.79 Å². The van der Waals surface area contributed by atoms with Crippen molar-refractivity contribution in [1.29, 1.82) is 0 Å². The predicted octanol–water partition coefficient (Wildman–Crippen LogP) is 1.10. The van der Waals surface area contributed by atoms with Crippen molar-refractivity contribution in [2.45, 2.75) is 39.7 Å². The molecule has 0 bridgehead atoms. The molecule has 0 unspecified atom stereocenters. The first-order valence-electron chi connectivity index (χ1n) is 7.38. The summed E-state index contributed by atoms with van der Waals surface area (Å²) in [7, 11) is 1.72. The minimum absolute atomic E-state index is 0.387. The third-order valence-electron chi connectivity index (χ3n) is 2.28. The van der Waals surface area contributed by atoms with Crippen LogP contribution in [-0.2, 0) is 9.47 Å². The standard InChI is InChI=1S/C14H30N4O3/c1-6-20-11-10-17-12(15-5)16-8-7-9-18-13(19)21-14(2,3)4/h6-11H2,1-5H3,(H,18,19)(H2,15,16,17). The van der Waals surface area contributed by atoms with Crippen LogP contribution in [0.1, 0.15) is 34.1 Å². The fourth-order valence-electron chi connectivity index (χ4n) is 1.41. The maximum atomic E-state index is 11.4. The summed E-state index contributed by atoms with van der Waals surface area (Å²) in [6.45, 7) is 10.8. The average Bonchev–Trinajstić information content (AvgIpc) is 2.38. The van der Waals surface area contributed by atoms with E-state index in [1.807, 2.05) is 27.7 Å². The van der Waals surface area contributed by atoms with Gasteiger partial charge in [-0.15, -0.1) is 0 Å². The number of carbonyl (C=O) groups excluding carboxylic acids is 1. The van der Waals surface area contributed by atoms with Crippen molar-refractivity contribution >= 4 is 12.1 Å². The third kappa shape index (κ3) is 13.2. The Bertz CT molecular complexity index is 314. The topological polar surface area (TPSA) is 84.0 Å². The van der Waals surface area contributed by atoms with Crippen LogP contribution in [-0.4, -0.2) is 57.5 Å². The second kappa shape index (κ2) is 11.2. The van der Waals surface area contributed by atoms with Crippen LogP contribution in [0, 0.1) is 0 Å². The number of carbonyl (C=O) groups is 1. The zero-order valence-corrected chi connectivity index (χ0v) is 13.9. The van der Waals surface area contributed by atoms with Gasteiger partial charge in [-0.05, 0) is 34.1 Å². The second-order valence-corrected chi connectivity index (χ2v) is 5.40. The van der Waals surface area contributed by atoms with Gasteiger partial charge in [0.1, 0.15) is 5.60 Å². The number of nitrogens with zero attached hydrogens (tertiary/aromatic N) is 1. The minimum Gasteiger partial charge on any atom is -0.444 e. The van der Waals surface area contributed by atoms with Crippen LogP contribution in [0.15, 0.2) is 4.99 Å². The highest BCUT2D eigenvalue weighted by Crippen LogP contribution is 2.06. The Balaban J connectivity index is 3.62. The molecule has 7 heteroatoms. The van der Waals surface area contributed by atoms with Crippen LogP contribution in [0.4, 0.5) is 4.79 Å². The fraction of sp³-hybridized carbons (Fsp3) is 0.857. The van der Waals surface area contributed by atoms with E-state index in [9.17, 15) is 4.79 Å². The van der Waals surface area contributed by atoms with Gasteiger partial charge >= 0.3 is 6.09 Å². The zero-order chi connectivity index (χ0) is 16.1. The number of nitrogens with one attached hydrogen (secondary N) is 3. The van der Waals surface area contributed by atoms with E-state index >= 15 is 0 Å². The summed E-state index contributed by atoms with van der Waals surface area (Å²) >= 11 is 0. The van der Waals surface area contributed by atoms with Gasteiger partial charge < -0.3 is 25.4 Å². The van der Waals surface area contributed by atoms with Gasteiger partial charge in [0.15, 0.2) is 5.96 Å². The Hall–Kier alpha value is -1.50. The van der Waals surface area contributed by atoms with E-state index in [1.54, 1.807) is 7.05 Å². The molecule has 1 amide bonds. The van der Waals surface area contributed by atoms with Gasteiger partial charge in [-0.1, -0.05) is 0 Å². The van der Waals surface area contributed by atoms with Crippen molar-refractivity contribution in [2.75, 3.05) is 39.9 Å². The first kappa shape index (κ1) is 19.5. The summed E-state index contributed by atoms with van der Waals surface area (Å²) in [5.74, 6) is 0.729. The summed E-state index contributed by atoms with van der Waals surface area (Å²) in [6.07, 6.45) is 0.396. The molecule has 0 rings (SSSR count). The lowest BCUT2D eigenvalue weighted by Gasteiger charge is -2.19. The average molecular weight is 302 g/mol. The van der Waals surface area contributed by atoms with E-state index in [0.717, 1.165) is 12.4 Å². The van der Waals surface area contributed by atoms with Gasteiger partial charge in [0, 0.05) is 33.3 Å². The second-order valence-electron chi connectivity index (χ2n) is 5.40. The van der Waals surface area contributed by atoms with Gasteiger partial charge in [0.2, 0.25) is 0 Å². The Morgan fingerprint density at radius 1 is 1.10 bits per heavy atom. The molecule has 0 radical (unpaired) electrons. The van der Waals surface area contributed by atoms with Crippen molar-refractivity contribution in [1.82, 2.24) is 16.0 Å². The maximum absolute atomic E-state index is 11.4. The number of aliphatic imine (C=N–C) groups is 1. The first-order valence-corrected chi connectivity index (χ1v) is 7.38. The SMILES string of the molecule is CCOCCNC(=NC)NCCCNC(=O)OC(C)(C)C. The summed E-state index contributed by atoms with van der Waals surface area (Å²) in [6, 6.07) is 0. The molecule has 0 saturated carbocycles. The Morgan fingerprint density at radius 2 is 1.71 bits per heavy atom. The van der Waals surface area contributed by atoms with Gasteiger partial charge in [0.05, 0.1) is 6.61 Å². The molecule has 0 aromatic heterocycles. The highest BCUT2D eigenvalue weighted by Gasteiger charge is 2.15. The van der Waals surface area contributed by atoms with Crippen LogP contribution in [0.25, 0.3) is 0 Å². The Morgan fingerprint density at radius 3 is 2.29 bits per heavy atom. The van der Waals surface area contributed by atoms with Crippen LogP contribution < -0.4 is 16.0 Å². The monoisotopic (exact) mass is 302 g/mol. The number of alkyl carbamates (subject to hydrolysis) is 1. The first-order chi connectivity index (χ1) is 9.89. The summed E-state index contributed by atoms with van der Waals surface area (Å²) in [4.78, 5) is 15.5. The molecule has 7 nitrogen and oxygen atoms in total. The van der Waals surface area contributed by atoms with Crippen LogP contribution in [0.5, 0.6) is 0 Å². The molecule has 21 heavy (non-hydrogen) atoms. The molecule has 0 aliphatic carbocycles. The molecule has 3 N–H and O–H groups in total. The van der Waals surface area contributed by atoms with Gasteiger partial charge in [-0.2, -0.15) is 0 Å². The van der Waals surface area contributed by atoms with E-state index in [4.69, 9.17) is 9.47 Å². The molecular weight excluding hydrogens is 272 g/mol. The van der Waals surface area contributed by atoms with E-state index in [0.29, 0.717) is 32.8 Å². The van der Waals surface area contributed by atoms with Crippen molar-refractivity contribution in [2.24, 2.45) is 4.99 Å². The lowest BCUT2D eigenvalue weighted by Crippen LogP contribution is -2.40. The van der Waals surface area contributed by atoms with E-state index in [-0.39, 0.29) is 6.09 Å². The van der Waals surface area contributed by atoms with E-state index in [2.05, 4.69) is 20.9 Å². The summed E-state index contributed by atoms with van der Waals surface area (Å²) in [5, 5.41) is 9.01. The maximum Gasteiger partial charge on any atom is 0.407 e. The van der Waals surface area contributed by atoms with E-state index < -0.39 is 5.60 Å². The van der Waals surface area contributed by atoms with Crippen molar-refractivity contribution in [3.63, 3.8) is 0 Å². The molecule has 0 aromatic carbocycles. The molecule has 0 aromatic rings. The van der Waals surface area contributed by atoms with Crippen LogP contribution >= 0.6 is 0 Å². The van der Waals surface area contributed by atoms with Crippen molar-refractivity contribution < 1.29 is 14.3 Å². The molecule has 0 fully saturated rings. The van der Waals surface area contributed by atoms with Crippen LogP contribution in [0.2, 0.25) is 0 Å². The highest BCUT2D eigenvalue weighted by molar-refractivity contribution is 5.79. The van der Waals surface area contributed by atoms with Gasteiger partial charge in [-0.3, -0.25) is 4.99 Å². The smallest absolute Gasteiger partial charge is 0.407 e. The summed E-state index contributed by atoms with van der Waals surface area (Å²) < 4.78 is 10.4. The molecule has 0 spiro atoms. The Kier molecular flexibility index (Phi) is 10.4. The van der Waals surface area contributed by atoms with Gasteiger partial charge in [0.25, 0.3) is 0 Å². The number of guanidine groups is 1. The minimum atomic E-state index is -0.463. The molecule has 0 heterocycles. The highest BCUT2D eigenvalue weighted by atomic mass is 16.6. The summed E-state index contributed by atoms with van der Waals surface area (Å²) in [5.41, 5.74) is -0.463. The number of hydrogen-bond donors (Lipinski definition) is 3. The molecule has 0 aliphatic rings. The van der Waals surface area contributed by atoms with Crippen LogP contribution in [0.3, 0.4) is 0 Å². The third-order valence-corrected chi connectivity index (χ3v) is 2.28.